The molecule has 2 nitrogen and oxygen atoms in total. The SMILES string of the molecule is CNC1(CN)CCCC1. The fraction of sp³-hybridized carbons (Fsp3) is 1.00. The number of hydrogen-bond acceptors (Lipinski definition) is 2. The summed E-state index contributed by atoms with van der Waals surface area (Å²) in [7, 11) is 2.01. The fourth-order valence-electron chi connectivity index (χ4n) is 1.61. The topological polar surface area (TPSA) is 38.0 Å². The van der Waals surface area contributed by atoms with Crippen molar-refractivity contribution < 1.29 is 0 Å². The van der Waals surface area contributed by atoms with Crippen molar-refractivity contribution in [1.29, 1.82) is 0 Å². The lowest BCUT2D eigenvalue weighted by Gasteiger charge is -2.26. The van der Waals surface area contributed by atoms with Crippen LogP contribution in [0.15, 0.2) is 0 Å². The second kappa shape index (κ2) is 2.67. The first kappa shape index (κ1) is 7.03. The van der Waals surface area contributed by atoms with E-state index in [-0.39, 0.29) is 0 Å². The highest BCUT2D eigenvalue weighted by Crippen LogP contribution is 2.27. The molecule has 54 valence electrons. The normalized spacial score (nSPS) is 24.7. The van der Waals surface area contributed by atoms with Crippen LogP contribution in [0.1, 0.15) is 25.7 Å². The second-order valence-electron chi connectivity index (χ2n) is 2.94. The predicted octanol–water partition coefficient (Wildman–Crippen LogP) is 0.477. The van der Waals surface area contributed by atoms with Crippen molar-refractivity contribution in [3.8, 4) is 0 Å². The molecule has 1 rings (SSSR count). The fourth-order valence-corrected chi connectivity index (χ4v) is 1.61. The third-order valence-corrected chi connectivity index (χ3v) is 2.48. The first-order valence-electron chi connectivity index (χ1n) is 3.72. The Bertz CT molecular complexity index is 78.9. The van der Waals surface area contributed by atoms with Crippen LogP contribution in [0.25, 0.3) is 0 Å². The molecule has 1 aliphatic rings. The number of likely N-dealkylation sites (N-methyl/N-ethyl adjacent to an activating group) is 1. The maximum Gasteiger partial charge on any atom is 0.0301 e. The summed E-state index contributed by atoms with van der Waals surface area (Å²) in [6.45, 7) is 0.795. The zero-order chi connectivity index (χ0) is 6.74. The molecule has 0 spiro atoms. The van der Waals surface area contributed by atoms with Crippen LogP contribution >= 0.6 is 0 Å². The van der Waals surface area contributed by atoms with Gasteiger partial charge in [0.15, 0.2) is 0 Å². The van der Waals surface area contributed by atoms with Gasteiger partial charge in [-0.15, -0.1) is 0 Å². The van der Waals surface area contributed by atoms with Crippen molar-refractivity contribution in [3.05, 3.63) is 0 Å². The minimum atomic E-state index is 0.306. The largest absolute Gasteiger partial charge is 0.329 e. The molecule has 0 bridgehead atoms. The van der Waals surface area contributed by atoms with Crippen LogP contribution in [0, 0.1) is 0 Å². The van der Waals surface area contributed by atoms with Crippen molar-refractivity contribution >= 4 is 0 Å². The van der Waals surface area contributed by atoms with Gasteiger partial charge in [-0.1, -0.05) is 12.8 Å². The third-order valence-electron chi connectivity index (χ3n) is 2.48. The molecule has 0 heterocycles. The molecule has 0 aliphatic heterocycles. The van der Waals surface area contributed by atoms with Gasteiger partial charge in [-0.25, -0.2) is 0 Å². The Hall–Kier alpha value is -0.0800. The van der Waals surface area contributed by atoms with Crippen LogP contribution in [0.2, 0.25) is 0 Å². The van der Waals surface area contributed by atoms with E-state index in [4.69, 9.17) is 5.73 Å². The first-order chi connectivity index (χ1) is 4.33. The highest BCUT2D eigenvalue weighted by atomic mass is 15.0. The smallest absolute Gasteiger partial charge is 0.0301 e. The van der Waals surface area contributed by atoms with Gasteiger partial charge in [0, 0.05) is 12.1 Å². The monoisotopic (exact) mass is 128 g/mol. The molecule has 1 saturated carbocycles. The highest BCUT2D eigenvalue weighted by Gasteiger charge is 2.29. The van der Waals surface area contributed by atoms with Crippen molar-refractivity contribution in [1.82, 2.24) is 5.32 Å². The predicted molar refractivity (Wildman–Crippen MR) is 39.3 cm³/mol. The van der Waals surface area contributed by atoms with E-state index in [1.165, 1.54) is 25.7 Å². The van der Waals surface area contributed by atoms with Gasteiger partial charge in [0.2, 0.25) is 0 Å². The maximum absolute atomic E-state index is 5.62. The van der Waals surface area contributed by atoms with Gasteiger partial charge in [0.05, 0.1) is 0 Å². The van der Waals surface area contributed by atoms with E-state index in [2.05, 4.69) is 5.32 Å². The van der Waals surface area contributed by atoms with Crippen LogP contribution in [0.4, 0.5) is 0 Å². The zero-order valence-corrected chi connectivity index (χ0v) is 6.11. The van der Waals surface area contributed by atoms with Crippen molar-refractivity contribution in [2.75, 3.05) is 13.6 Å². The molecule has 0 radical (unpaired) electrons. The van der Waals surface area contributed by atoms with Gasteiger partial charge in [-0.2, -0.15) is 0 Å². The summed E-state index contributed by atoms with van der Waals surface area (Å²) in [4.78, 5) is 0. The standard InChI is InChI=1S/C7H16N2/c1-9-7(6-8)4-2-3-5-7/h9H,2-6,8H2,1H3. The van der Waals surface area contributed by atoms with Gasteiger partial charge in [0.25, 0.3) is 0 Å². The summed E-state index contributed by atoms with van der Waals surface area (Å²) < 4.78 is 0. The average molecular weight is 128 g/mol. The molecule has 0 aromatic rings. The van der Waals surface area contributed by atoms with Crippen molar-refractivity contribution in [3.63, 3.8) is 0 Å². The summed E-state index contributed by atoms with van der Waals surface area (Å²) in [6, 6.07) is 0. The molecule has 0 aromatic heterocycles. The van der Waals surface area contributed by atoms with Gasteiger partial charge < -0.3 is 11.1 Å². The molecule has 0 atom stereocenters. The van der Waals surface area contributed by atoms with E-state index in [0.717, 1.165) is 6.54 Å². The Kier molecular flexibility index (Phi) is 2.09. The van der Waals surface area contributed by atoms with E-state index in [9.17, 15) is 0 Å². The lowest BCUT2D eigenvalue weighted by molar-refractivity contribution is 0.370. The van der Waals surface area contributed by atoms with Crippen LogP contribution in [-0.4, -0.2) is 19.1 Å². The molecule has 1 aliphatic carbocycles. The number of nitrogens with one attached hydrogen (secondary N) is 1. The number of nitrogens with two attached hydrogens (primary N) is 1. The second-order valence-corrected chi connectivity index (χ2v) is 2.94. The van der Waals surface area contributed by atoms with E-state index >= 15 is 0 Å². The summed E-state index contributed by atoms with van der Waals surface area (Å²) in [5, 5.41) is 3.30. The molecular weight excluding hydrogens is 112 g/mol. The number of rotatable bonds is 2. The number of hydrogen-bond donors (Lipinski definition) is 2. The van der Waals surface area contributed by atoms with Crippen molar-refractivity contribution in [2.24, 2.45) is 5.73 Å². The van der Waals surface area contributed by atoms with E-state index < -0.39 is 0 Å². The lowest BCUT2D eigenvalue weighted by Crippen LogP contribution is -2.46. The van der Waals surface area contributed by atoms with E-state index in [0.29, 0.717) is 5.54 Å². The quantitative estimate of drug-likeness (QED) is 0.567. The Labute approximate surface area is 56.8 Å². The van der Waals surface area contributed by atoms with Gasteiger partial charge in [-0.05, 0) is 19.9 Å². The maximum atomic E-state index is 5.62. The molecular formula is C7H16N2. The summed E-state index contributed by atoms with van der Waals surface area (Å²) in [5.74, 6) is 0. The first-order valence-corrected chi connectivity index (χ1v) is 3.72. The zero-order valence-electron chi connectivity index (χ0n) is 6.11. The minimum absolute atomic E-state index is 0.306. The molecule has 0 aromatic carbocycles. The summed E-state index contributed by atoms with van der Waals surface area (Å²) in [6.07, 6.45) is 5.22. The van der Waals surface area contributed by atoms with Crippen molar-refractivity contribution in [2.45, 2.75) is 31.2 Å². The van der Waals surface area contributed by atoms with E-state index in [1.807, 2.05) is 7.05 Å². The average Bonchev–Trinajstić information content (AvgIpc) is 2.36. The van der Waals surface area contributed by atoms with Crippen LogP contribution in [0.5, 0.6) is 0 Å². The summed E-state index contributed by atoms with van der Waals surface area (Å²) >= 11 is 0. The highest BCUT2D eigenvalue weighted by molar-refractivity contribution is 4.91. The Morgan fingerprint density at radius 1 is 1.44 bits per heavy atom. The Morgan fingerprint density at radius 3 is 2.22 bits per heavy atom. The minimum Gasteiger partial charge on any atom is -0.329 e. The van der Waals surface area contributed by atoms with Gasteiger partial charge in [0.1, 0.15) is 0 Å². The molecule has 3 N–H and O–H groups in total. The third kappa shape index (κ3) is 1.25. The molecule has 0 saturated heterocycles. The molecule has 1 fully saturated rings. The Balaban J connectivity index is 2.45. The van der Waals surface area contributed by atoms with Gasteiger partial charge >= 0.3 is 0 Å². The molecule has 0 unspecified atom stereocenters. The van der Waals surface area contributed by atoms with Crippen LogP contribution < -0.4 is 11.1 Å². The summed E-state index contributed by atoms with van der Waals surface area (Å²) in [5.41, 5.74) is 5.92. The molecule has 0 amide bonds. The molecule has 2 heteroatoms. The van der Waals surface area contributed by atoms with E-state index in [1.54, 1.807) is 0 Å². The lowest BCUT2D eigenvalue weighted by atomic mass is 9.99. The van der Waals surface area contributed by atoms with Crippen LogP contribution in [-0.2, 0) is 0 Å². The van der Waals surface area contributed by atoms with Gasteiger partial charge in [-0.3, -0.25) is 0 Å². The van der Waals surface area contributed by atoms with Crippen LogP contribution in [0.3, 0.4) is 0 Å². The Morgan fingerprint density at radius 2 is 2.00 bits per heavy atom. The molecule has 9 heavy (non-hydrogen) atoms.